The summed E-state index contributed by atoms with van der Waals surface area (Å²) in [7, 11) is 0. The quantitative estimate of drug-likeness (QED) is 0.236. The number of carbonyl (C=O) groups excluding carboxylic acids is 4. The van der Waals surface area contributed by atoms with Gasteiger partial charge in [0.15, 0.2) is 17.3 Å². The lowest BCUT2D eigenvalue weighted by molar-refractivity contribution is -0.124. The van der Waals surface area contributed by atoms with Crippen LogP contribution in [0.4, 0.5) is 0 Å². The molecule has 15 heteroatoms. The number of amides is 4. The molecule has 2 bridgehead atoms. The van der Waals surface area contributed by atoms with E-state index < -0.39 is 23.9 Å². The minimum atomic E-state index is -0.906. The molecule has 0 saturated carbocycles. The van der Waals surface area contributed by atoms with Crippen molar-refractivity contribution < 1.29 is 23.7 Å². The average Bonchev–Trinajstić information content (AvgIpc) is 3.85. The SMILES string of the molecule is Cc1cc(C)n(Cc2cccc(C(=O)N3CCNC(=O)Cn4nc(-c5ccccc5)nc4[C@H](C)NC(=O)[C@@H](CC(C)C)NC(=O)c4cc(on4)C3)c2)n1. The fraction of sp³-hybridized carbons (Fsp3) is 0.368. The summed E-state index contributed by atoms with van der Waals surface area (Å²) in [6, 6.07) is 18.5. The third-order valence-corrected chi connectivity index (χ3v) is 8.84. The van der Waals surface area contributed by atoms with E-state index >= 15 is 0 Å². The van der Waals surface area contributed by atoms with Crippen molar-refractivity contribution in [3.8, 4) is 11.4 Å². The highest BCUT2D eigenvalue weighted by molar-refractivity contribution is 5.96. The molecule has 6 rings (SSSR count). The summed E-state index contributed by atoms with van der Waals surface area (Å²) in [6.07, 6.45) is 0.347. The maximum Gasteiger partial charge on any atom is 0.274 e. The van der Waals surface area contributed by atoms with Gasteiger partial charge in [-0.1, -0.05) is 61.5 Å². The molecule has 4 amide bonds. The van der Waals surface area contributed by atoms with E-state index in [0.29, 0.717) is 30.2 Å². The first-order valence-electron chi connectivity index (χ1n) is 17.7. The highest BCUT2D eigenvalue weighted by Crippen LogP contribution is 2.20. The van der Waals surface area contributed by atoms with Crippen LogP contribution in [0.15, 0.2) is 71.3 Å². The van der Waals surface area contributed by atoms with Crippen LogP contribution in [0, 0.1) is 19.8 Å². The highest BCUT2D eigenvalue weighted by Gasteiger charge is 2.29. The second kappa shape index (κ2) is 16.0. The van der Waals surface area contributed by atoms with Crippen molar-refractivity contribution in [3.63, 3.8) is 0 Å². The minimum Gasteiger partial charge on any atom is -0.359 e. The molecule has 1 aliphatic rings. The van der Waals surface area contributed by atoms with Crippen molar-refractivity contribution in [2.75, 3.05) is 13.1 Å². The summed E-state index contributed by atoms with van der Waals surface area (Å²) in [5.41, 5.74) is 3.96. The van der Waals surface area contributed by atoms with E-state index in [-0.39, 0.29) is 55.4 Å². The van der Waals surface area contributed by atoms with Crippen LogP contribution in [0.5, 0.6) is 0 Å². The van der Waals surface area contributed by atoms with E-state index in [2.05, 4.69) is 31.3 Å². The molecule has 0 fully saturated rings. The minimum absolute atomic E-state index is 0.0300. The predicted molar refractivity (Wildman–Crippen MR) is 194 cm³/mol. The summed E-state index contributed by atoms with van der Waals surface area (Å²) in [5, 5.41) is 21.8. The Morgan fingerprint density at radius 2 is 1.75 bits per heavy atom. The zero-order valence-corrected chi connectivity index (χ0v) is 30.5. The molecule has 0 saturated heterocycles. The maximum atomic E-state index is 14.1. The average molecular weight is 721 g/mol. The Bertz CT molecular complexity index is 2100. The molecule has 2 atom stereocenters. The number of aryl methyl sites for hydroxylation is 2. The van der Waals surface area contributed by atoms with Crippen molar-refractivity contribution in [1.29, 1.82) is 0 Å². The van der Waals surface area contributed by atoms with Gasteiger partial charge < -0.3 is 25.4 Å². The number of hydrogen-bond donors (Lipinski definition) is 3. The molecule has 0 spiro atoms. The number of carbonyl (C=O) groups is 4. The fourth-order valence-electron chi connectivity index (χ4n) is 6.26. The second-order valence-electron chi connectivity index (χ2n) is 13.7. The van der Waals surface area contributed by atoms with Crippen LogP contribution in [0.2, 0.25) is 0 Å². The summed E-state index contributed by atoms with van der Waals surface area (Å²) < 4.78 is 8.87. The number of nitrogens with zero attached hydrogens (tertiary/aromatic N) is 7. The number of rotatable bonds is 6. The van der Waals surface area contributed by atoms with Crippen LogP contribution < -0.4 is 16.0 Å². The number of fused-ring (bicyclic) bond motifs is 3. The maximum absolute atomic E-state index is 14.1. The van der Waals surface area contributed by atoms with Gasteiger partial charge in [0, 0.05) is 36.0 Å². The number of benzene rings is 2. The first kappa shape index (κ1) is 36.7. The van der Waals surface area contributed by atoms with Gasteiger partial charge in [-0.2, -0.15) is 10.2 Å². The van der Waals surface area contributed by atoms with Gasteiger partial charge in [-0.05, 0) is 56.9 Å². The van der Waals surface area contributed by atoms with Crippen LogP contribution in [-0.4, -0.2) is 77.4 Å². The fourth-order valence-corrected chi connectivity index (χ4v) is 6.26. The van der Waals surface area contributed by atoms with Crippen molar-refractivity contribution >= 4 is 23.6 Å². The van der Waals surface area contributed by atoms with Crippen LogP contribution in [-0.2, 0) is 29.2 Å². The Balaban J connectivity index is 1.30. The largest absolute Gasteiger partial charge is 0.359 e. The van der Waals surface area contributed by atoms with Gasteiger partial charge in [0.1, 0.15) is 18.4 Å². The normalized spacial score (nSPS) is 17.4. The summed E-state index contributed by atoms with van der Waals surface area (Å²) in [4.78, 5) is 60.8. The Labute approximate surface area is 307 Å². The molecule has 2 aromatic carbocycles. The number of hydrogen-bond acceptors (Lipinski definition) is 9. The van der Waals surface area contributed by atoms with E-state index in [4.69, 9.17) is 9.51 Å². The number of nitrogens with one attached hydrogen (secondary N) is 3. The van der Waals surface area contributed by atoms with Crippen LogP contribution in [0.3, 0.4) is 0 Å². The summed E-state index contributed by atoms with van der Waals surface area (Å²) in [6.45, 7) is 10.1. The third kappa shape index (κ3) is 9.04. The monoisotopic (exact) mass is 720 g/mol. The molecule has 276 valence electrons. The Morgan fingerprint density at radius 1 is 0.962 bits per heavy atom. The molecule has 0 aliphatic carbocycles. The lowest BCUT2D eigenvalue weighted by atomic mass is 10.0. The first-order chi connectivity index (χ1) is 25.4. The molecule has 3 N–H and O–H groups in total. The second-order valence-corrected chi connectivity index (χ2v) is 13.7. The van der Waals surface area contributed by atoms with E-state index in [1.54, 1.807) is 13.0 Å². The van der Waals surface area contributed by atoms with Gasteiger partial charge in [-0.3, -0.25) is 23.9 Å². The number of aromatic nitrogens is 6. The van der Waals surface area contributed by atoms with Crippen LogP contribution in [0.1, 0.15) is 82.6 Å². The van der Waals surface area contributed by atoms with E-state index in [9.17, 15) is 19.2 Å². The van der Waals surface area contributed by atoms with Gasteiger partial charge in [0.2, 0.25) is 11.8 Å². The summed E-state index contributed by atoms with van der Waals surface area (Å²) >= 11 is 0. The molecular formula is C38H44N10O5. The molecule has 0 unspecified atom stereocenters. The Kier molecular flexibility index (Phi) is 11.1. The molecule has 5 aromatic rings. The molecule has 4 heterocycles. The predicted octanol–water partition coefficient (Wildman–Crippen LogP) is 3.59. The molecule has 1 aliphatic heterocycles. The van der Waals surface area contributed by atoms with Gasteiger partial charge in [0.05, 0.1) is 24.8 Å². The molecule has 0 radical (unpaired) electrons. The standard InChI is InChI=1S/C38H44N10O5/c1-23(2)16-31-36(50)40-26(5)35-42-34(28-11-7-6-8-12-28)44-48(35)22-33(49)39-14-15-46(21-30-19-32(45-53-30)37(51)41-31)38(52)29-13-9-10-27(18-29)20-47-25(4)17-24(3)43-47/h6-13,17-19,23,26,31H,14-16,20-22H2,1-5H3,(H,39,49)(H,40,50)(H,41,51)/t26-,31+/m0/s1. The smallest absolute Gasteiger partial charge is 0.274 e. The van der Waals surface area contributed by atoms with E-state index in [1.807, 2.05) is 87.0 Å². The zero-order chi connectivity index (χ0) is 37.6. The molecular weight excluding hydrogens is 676 g/mol. The van der Waals surface area contributed by atoms with Crippen molar-refractivity contribution in [2.45, 2.75) is 72.8 Å². The molecule has 15 nitrogen and oxygen atoms in total. The first-order valence-corrected chi connectivity index (χ1v) is 17.7. The van der Waals surface area contributed by atoms with Crippen molar-refractivity contribution in [1.82, 2.24) is 50.6 Å². The van der Waals surface area contributed by atoms with E-state index in [0.717, 1.165) is 22.5 Å². The topological polar surface area (TPSA) is 182 Å². The zero-order valence-electron chi connectivity index (χ0n) is 30.5. The Morgan fingerprint density at radius 3 is 2.49 bits per heavy atom. The van der Waals surface area contributed by atoms with Crippen molar-refractivity contribution in [3.05, 3.63) is 107 Å². The third-order valence-electron chi connectivity index (χ3n) is 8.84. The van der Waals surface area contributed by atoms with Crippen molar-refractivity contribution in [2.24, 2.45) is 5.92 Å². The lowest BCUT2D eigenvalue weighted by Gasteiger charge is -2.23. The van der Waals surface area contributed by atoms with E-state index in [1.165, 1.54) is 15.6 Å². The van der Waals surface area contributed by atoms with Crippen LogP contribution >= 0.6 is 0 Å². The molecule has 3 aromatic heterocycles. The summed E-state index contributed by atoms with van der Waals surface area (Å²) in [5.74, 6) is -0.606. The van der Waals surface area contributed by atoms with Gasteiger partial charge in [0.25, 0.3) is 11.8 Å². The Hall–Kier alpha value is -6.12. The highest BCUT2D eigenvalue weighted by atomic mass is 16.5. The van der Waals surface area contributed by atoms with Crippen LogP contribution in [0.25, 0.3) is 11.4 Å². The van der Waals surface area contributed by atoms with Gasteiger partial charge in [-0.15, -0.1) is 0 Å². The van der Waals surface area contributed by atoms with Gasteiger partial charge >= 0.3 is 0 Å². The molecule has 53 heavy (non-hydrogen) atoms. The van der Waals surface area contributed by atoms with Gasteiger partial charge in [-0.25, -0.2) is 9.67 Å². The lowest BCUT2D eigenvalue weighted by Crippen LogP contribution is -2.48.